The van der Waals surface area contributed by atoms with Crippen molar-refractivity contribution in [3.63, 3.8) is 0 Å². The summed E-state index contributed by atoms with van der Waals surface area (Å²) in [5, 5.41) is 3.87. The van der Waals surface area contributed by atoms with E-state index < -0.39 is 11.9 Å². The lowest BCUT2D eigenvalue weighted by molar-refractivity contribution is -0.146. The Labute approximate surface area is 186 Å². The van der Waals surface area contributed by atoms with E-state index in [0.717, 1.165) is 53.4 Å². The SMILES string of the molecule is COC(=O)[C@H]1CC[C@H](c2ncc(-c3cccc(Nc4nccc(C(F)(F)F)n4)c3)s2)CC1. The molecule has 4 rings (SSSR count). The standard InChI is InChI=1S/C22H21F3N4O2S/c1-31-20(30)14-7-5-13(6-8-14)19-27-12-17(32-19)15-3-2-4-16(11-15)28-21-26-10-9-18(29-21)22(23,24)25/h2-4,9-14H,5-8H2,1H3,(H,26,28,29)/t13-,14-. The number of thiazole rings is 1. The molecule has 2 aromatic heterocycles. The number of carbonyl (C=O) groups excluding carboxylic acids is 1. The zero-order valence-electron chi connectivity index (χ0n) is 17.2. The molecule has 32 heavy (non-hydrogen) atoms. The fourth-order valence-electron chi connectivity index (χ4n) is 3.81. The van der Waals surface area contributed by atoms with Crippen molar-refractivity contribution in [3.05, 3.63) is 53.4 Å². The van der Waals surface area contributed by atoms with Crippen LogP contribution in [0.15, 0.2) is 42.7 Å². The molecule has 10 heteroatoms. The number of benzene rings is 1. The molecular formula is C22H21F3N4O2S. The fourth-order valence-corrected chi connectivity index (χ4v) is 4.89. The van der Waals surface area contributed by atoms with Gasteiger partial charge in [-0.25, -0.2) is 15.0 Å². The van der Waals surface area contributed by atoms with Crippen molar-refractivity contribution < 1.29 is 22.7 Å². The average Bonchev–Trinajstić information content (AvgIpc) is 3.29. The van der Waals surface area contributed by atoms with Crippen LogP contribution >= 0.6 is 11.3 Å². The highest BCUT2D eigenvalue weighted by atomic mass is 32.1. The minimum atomic E-state index is -4.53. The molecule has 0 spiro atoms. The molecule has 0 bridgehead atoms. The topological polar surface area (TPSA) is 77.0 Å². The van der Waals surface area contributed by atoms with Gasteiger partial charge in [0, 0.05) is 24.0 Å². The van der Waals surface area contributed by atoms with Gasteiger partial charge in [0.15, 0.2) is 0 Å². The van der Waals surface area contributed by atoms with Crippen LogP contribution in [0.3, 0.4) is 0 Å². The third kappa shape index (κ3) is 5.07. The van der Waals surface area contributed by atoms with E-state index in [1.165, 1.54) is 7.11 Å². The summed E-state index contributed by atoms with van der Waals surface area (Å²) in [5.74, 6) is 0.0210. The number of esters is 1. The van der Waals surface area contributed by atoms with E-state index in [2.05, 4.69) is 20.3 Å². The quantitative estimate of drug-likeness (QED) is 0.482. The number of methoxy groups -OCH3 is 1. The summed E-state index contributed by atoms with van der Waals surface area (Å²) in [7, 11) is 1.42. The van der Waals surface area contributed by atoms with Crippen LogP contribution in [0.1, 0.15) is 42.3 Å². The molecule has 2 heterocycles. The van der Waals surface area contributed by atoms with Crippen molar-refractivity contribution >= 4 is 28.9 Å². The Kier molecular flexibility index (Phi) is 6.40. The maximum absolute atomic E-state index is 12.9. The molecule has 0 saturated heterocycles. The smallest absolute Gasteiger partial charge is 0.433 e. The van der Waals surface area contributed by atoms with E-state index in [1.807, 2.05) is 24.4 Å². The van der Waals surface area contributed by atoms with Crippen molar-refractivity contribution in [1.29, 1.82) is 0 Å². The Hall–Kier alpha value is -3.01. The minimum absolute atomic E-state index is 0.0310. The monoisotopic (exact) mass is 462 g/mol. The van der Waals surface area contributed by atoms with Crippen molar-refractivity contribution in [2.75, 3.05) is 12.4 Å². The largest absolute Gasteiger partial charge is 0.469 e. The molecule has 0 unspecified atom stereocenters. The number of halogens is 3. The number of hydrogen-bond donors (Lipinski definition) is 1. The van der Waals surface area contributed by atoms with Gasteiger partial charge in [0.25, 0.3) is 0 Å². The van der Waals surface area contributed by atoms with Gasteiger partial charge in [0.2, 0.25) is 5.95 Å². The van der Waals surface area contributed by atoms with Crippen LogP contribution in [-0.2, 0) is 15.7 Å². The number of carbonyl (C=O) groups is 1. The van der Waals surface area contributed by atoms with E-state index >= 15 is 0 Å². The van der Waals surface area contributed by atoms with E-state index in [-0.39, 0.29) is 17.8 Å². The first kappa shape index (κ1) is 22.2. The van der Waals surface area contributed by atoms with Crippen molar-refractivity contribution in [2.45, 2.75) is 37.8 Å². The summed E-state index contributed by atoms with van der Waals surface area (Å²) in [6.45, 7) is 0. The molecule has 1 fully saturated rings. The van der Waals surface area contributed by atoms with E-state index in [9.17, 15) is 18.0 Å². The minimum Gasteiger partial charge on any atom is -0.469 e. The van der Waals surface area contributed by atoms with Crippen molar-refractivity contribution in [3.8, 4) is 10.4 Å². The number of alkyl halides is 3. The van der Waals surface area contributed by atoms with Gasteiger partial charge >= 0.3 is 12.1 Å². The number of nitrogens with one attached hydrogen (secondary N) is 1. The highest BCUT2D eigenvalue weighted by molar-refractivity contribution is 7.15. The van der Waals surface area contributed by atoms with Gasteiger partial charge in [-0.3, -0.25) is 4.79 Å². The lowest BCUT2D eigenvalue weighted by Crippen LogP contribution is -2.22. The number of ether oxygens (including phenoxy) is 1. The molecule has 0 radical (unpaired) electrons. The van der Waals surface area contributed by atoms with Gasteiger partial charge in [0.05, 0.1) is 22.9 Å². The Morgan fingerprint density at radius 2 is 1.94 bits per heavy atom. The Morgan fingerprint density at radius 1 is 1.16 bits per heavy atom. The summed E-state index contributed by atoms with van der Waals surface area (Å²) in [6, 6.07) is 8.13. The first-order valence-electron chi connectivity index (χ1n) is 10.1. The fraction of sp³-hybridized carbons (Fsp3) is 0.364. The predicted molar refractivity (Wildman–Crippen MR) is 115 cm³/mol. The van der Waals surface area contributed by atoms with Crippen LogP contribution < -0.4 is 5.32 Å². The Balaban J connectivity index is 1.46. The van der Waals surface area contributed by atoms with E-state index in [0.29, 0.717) is 11.6 Å². The number of nitrogens with zero attached hydrogens (tertiary/aromatic N) is 3. The number of rotatable bonds is 5. The van der Waals surface area contributed by atoms with E-state index in [1.54, 1.807) is 17.4 Å². The third-order valence-corrected chi connectivity index (χ3v) is 6.69. The van der Waals surface area contributed by atoms with Crippen LogP contribution in [-0.4, -0.2) is 28.0 Å². The Bertz CT molecular complexity index is 1090. The van der Waals surface area contributed by atoms with Gasteiger partial charge in [-0.15, -0.1) is 11.3 Å². The van der Waals surface area contributed by atoms with Gasteiger partial charge in [-0.1, -0.05) is 12.1 Å². The lowest BCUT2D eigenvalue weighted by atomic mass is 9.82. The summed E-state index contributed by atoms with van der Waals surface area (Å²) >= 11 is 1.59. The molecule has 3 aromatic rings. The van der Waals surface area contributed by atoms with Gasteiger partial charge in [-0.05, 0) is 49.4 Å². The second-order valence-electron chi connectivity index (χ2n) is 7.60. The van der Waals surface area contributed by atoms with Crippen LogP contribution in [0.2, 0.25) is 0 Å². The molecule has 0 amide bonds. The van der Waals surface area contributed by atoms with Gasteiger partial charge in [0.1, 0.15) is 5.69 Å². The molecular weight excluding hydrogens is 441 g/mol. The zero-order chi connectivity index (χ0) is 22.7. The predicted octanol–water partition coefficient (Wildman–Crippen LogP) is 5.81. The maximum Gasteiger partial charge on any atom is 0.433 e. The highest BCUT2D eigenvalue weighted by Gasteiger charge is 2.33. The van der Waals surface area contributed by atoms with Gasteiger partial charge < -0.3 is 10.1 Å². The van der Waals surface area contributed by atoms with Crippen LogP contribution in [0, 0.1) is 5.92 Å². The van der Waals surface area contributed by atoms with E-state index in [4.69, 9.17) is 4.74 Å². The normalized spacial score (nSPS) is 18.9. The molecule has 1 aliphatic rings. The van der Waals surface area contributed by atoms with Crippen molar-refractivity contribution in [2.24, 2.45) is 5.92 Å². The molecule has 1 aromatic carbocycles. The highest BCUT2D eigenvalue weighted by Crippen LogP contribution is 2.40. The summed E-state index contributed by atoms with van der Waals surface area (Å²) in [5.41, 5.74) is 0.476. The molecule has 0 atom stereocenters. The third-order valence-electron chi connectivity index (χ3n) is 5.48. The molecule has 1 aliphatic carbocycles. The molecule has 0 aliphatic heterocycles. The lowest BCUT2D eigenvalue weighted by Gasteiger charge is -2.25. The maximum atomic E-state index is 12.9. The number of hydrogen-bond acceptors (Lipinski definition) is 7. The number of aromatic nitrogens is 3. The first-order chi connectivity index (χ1) is 15.3. The second kappa shape index (κ2) is 9.23. The first-order valence-corrected chi connectivity index (χ1v) is 11.0. The van der Waals surface area contributed by atoms with Crippen LogP contribution in [0.4, 0.5) is 24.8 Å². The Morgan fingerprint density at radius 3 is 2.66 bits per heavy atom. The molecule has 1 saturated carbocycles. The van der Waals surface area contributed by atoms with Gasteiger partial charge in [-0.2, -0.15) is 13.2 Å². The molecule has 1 N–H and O–H groups in total. The summed E-state index contributed by atoms with van der Waals surface area (Å²) in [4.78, 5) is 24.7. The van der Waals surface area contributed by atoms with Crippen molar-refractivity contribution in [1.82, 2.24) is 15.0 Å². The van der Waals surface area contributed by atoms with Crippen LogP contribution in [0.5, 0.6) is 0 Å². The second-order valence-corrected chi connectivity index (χ2v) is 8.67. The average molecular weight is 462 g/mol. The number of anilines is 2. The molecule has 6 nitrogen and oxygen atoms in total. The molecule has 168 valence electrons. The summed E-state index contributed by atoms with van der Waals surface area (Å²) < 4.78 is 43.5. The zero-order valence-corrected chi connectivity index (χ0v) is 18.0. The summed E-state index contributed by atoms with van der Waals surface area (Å²) in [6.07, 6.45) is 1.72. The van der Waals surface area contributed by atoms with Crippen LogP contribution in [0.25, 0.3) is 10.4 Å².